The van der Waals surface area contributed by atoms with Crippen molar-refractivity contribution in [1.29, 1.82) is 0 Å². The van der Waals surface area contributed by atoms with E-state index in [1.165, 1.54) is 0 Å². The molecule has 2 rings (SSSR count). The van der Waals surface area contributed by atoms with Crippen molar-refractivity contribution in [1.82, 2.24) is 5.32 Å². The lowest BCUT2D eigenvalue weighted by Crippen LogP contribution is -2.22. The molecule has 1 aromatic rings. The molecule has 1 aliphatic rings. The fraction of sp³-hybridized carbons (Fsp3) is 0.300. The quantitative estimate of drug-likeness (QED) is 0.777. The highest BCUT2D eigenvalue weighted by Gasteiger charge is 2.37. The number of cyclic esters (lactones) is 1. The topological polar surface area (TPSA) is 38.3 Å². The average Bonchev–Trinajstić information content (AvgIpc) is 2.63. The van der Waals surface area contributed by atoms with Gasteiger partial charge in [-0.1, -0.05) is 6.07 Å². The lowest BCUT2D eigenvalue weighted by molar-refractivity contribution is -0.138. The standard InChI is InChI=1S/C10H7F4NO2/c11-5-1-2-6(7(3-5)10(12,13)14)8-4-17-9(16)15-8/h1-3,8H,4H2,(H,15,16)/t8-/m0/s1. The molecule has 0 bridgehead atoms. The third-order valence-corrected chi connectivity index (χ3v) is 2.37. The Balaban J connectivity index is 2.43. The average molecular weight is 249 g/mol. The van der Waals surface area contributed by atoms with E-state index in [2.05, 4.69) is 10.1 Å². The van der Waals surface area contributed by atoms with Crippen molar-refractivity contribution in [3.8, 4) is 0 Å². The van der Waals surface area contributed by atoms with Crippen molar-refractivity contribution in [2.24, 2.45) is 0 Å². The summed E-state index contributed by atoms with van der Waals surface area (Å²) in [5.74, 6) is -0.980. The number of hydrogen-bond acceptors (Lipinski definition) is 2. The molecule has 17 heavy (non-hydrogen) atoms. The van der Waals surface area contributed by atoms with E-state index in [0.717, 1.165) is 12.1 Å². The minimum atomic E-state index is -4.68. The monoisotopic (exact) mass is 249 g/mol. The number of rotatable bonds is 1. The fourth-order valence-electron chi connectivity index (χ4n) is 1.63. The summed E-state index contributed by atoms with van der Waals surface area (Å²) in [6.07, 6.45) is -5.46. The smallest absolute Gasteiger partial charge is 0.416 e. The van der Waals surface area contributed by atoms with Gasteiger partial charge in [0.15, 0.2) is 0 Å². The van der Waals surface area contributed by atoms with Crippen molar-refractivity contribution in [3.05, 3.63) is 35.1 Å². The number of alkyl carbamates (subject to hydrolysis) is 1. The number of carbonyl (C=O) groups excluding carboxylic acids is 1. The Morgan fingerprint density at radius 3 is 2.59 bits per heavy atom. The molecule has 1 amide bonds. The van der Waals surface area contributed by atoms with Gasteiger partial charge in [0.25, 0.3) is 0 Å². The van der Waals surface area contributed by atoms with Gasteiger partial charge in [-0.05, 0) is 17.7 Å². The Morgan fingerprint density at radius 2 is 2.06 bits per heavy atom. The number of hydrogen-bond donors (Lipinski definition) is 1. The Kier molecular flexibility index (Phi) is 2.68. The van der Waals surface area contributed by atoms with Gasteiger partial charge < -0.3 is 10.1 Å². The SMILES string of the molecule is O=C1N[C@H](c2ccc(F)cc2C(F)(F)F)CO1. The number of alkyl halides is 3. The van der Waals surface area contributed by atoms with E-state index in [0.29, 0.717) is 6.07 Å². The molecule has 3 nitrogen and oxygen atoms in total. The van der Waals surface area contributed by atoms with Gasteiger partial charge in [-0.25, -0.2) is 9.18 Å². The first kappa shape index (κ1) is 11.7. The van der Waals surface area contributed by atoms with Gasteiger partial charge in [0, 0.05) is 0 Å². The van der Waals surface area contributed by atoms with Crippen LogP contribution >= 0.6 is 0 Å². The summed E-state index contributed by atoms with van der Waals surface area (Å²) >= 11 is 0. The van der Waals surface area contributed by atoms with Crippen molar-refractivity contribution in [2.45, 2.75) is 12.2 Å². The molecule has 0 saturated carbocycles. The Morgan fingerprint density at radius 1 is 1.35 bits per heavy atom. The predicted octanol–water partition coefficient (Wildman–Crippen LogP) is 2.63. The van der Waals surface area contributed by atoms with Crippen LogP contribution in [-0.4, -0.2) is 12.7 Å². The molecule has 1 aliphatic heterocycles. The minimum Gasteiger partial charge on any atom is -0.447 e. The zero-order valence-corrected chi connectivity index (χ0v) is 8.34. The third-order valence-electron chi connectivity index (χ3n) is 2.37. The minimum absolute atomic E-state index is 0.201. The second kappa shape index (κ2) is 3.90. The van der Waals surface area contributed by atoms with E-state index < -0.39 is 29.7 Å². The molecule has 92 valence electrons. The molecule has 7 heteroatoms. The van der Waals surface area contributed by atoms with Crippen LogP contribution in [0.3, 0.4) is 0 Å². The normalized spacial score (nSPS) is 20.0. The largest absolute Gasteiger partial charge is 0.447 e. The number of amides is 1. The van der Waals surface area contributed by atoms with Gasteiger partial charge in [-0.15, -0.1) is 0 Å². The number of ether oxygens (including phenoxy) is 1. The van der Waals surface area contributed by atoms with Crippen LogP contribution in [0.25, 0.3) is 0 Å². The first-order valence-corrected chi connectivity index (χ1v) is 4.68. The van der Waals surface area contributed by atoms with Gasteiger partial charge in [0.2, 0.25) is 0 Å². The summed E-state index contributed by atoms with van der Waals surface area (Å²) in [5.41, 5.74) is -1.31. The highest BCUT2D eigenvalue weighted by atomic mass is 19.4. The molecule has 0 radical (unpaired) electrons. The summed E-state index contributed by atoms with van der Waals surface area (Å²) in [5, 5.41) is 2.22. The van der Waals surface area contributed by atoms with Crippen LogP contribution in [0.1, 0.15) is 17.2 Å². The summed E-state index contributed by atoms with van der Waals surface area (Å²) in [6.45, 7) is -0.201. The van der Waals surface area contributed by atoms with E-state index in [1.54, 1.807) is 0 Å². The van der Waals surface area contributed by atoms with Gasteiger partial charge >= 0.3 is 12.3 Å². The summed E-state index contributed by atoms with van der Waals surface area (Å²) < 4.78 is 55.3. The summed E-state index contributed by atoms with van der Waals surface area (Å²) in [7, 11) is 0. The van der Waals surface area contributed by atoms with Crippen molar-refractivity contribution >= 4 is 6.09 Å². The second-order valence-corrected chi connectivity index (χ2v) is 3.52. The molecule has 1 heterocycles. The second-order valence-electron chi connectivity index (χ2n) is 3.52. The highest BCUT2D eigenvalue weighted by Crippen LogP contribution is 2.36. The number of benzene rings is 1. The predicted molar refractivity (Wildman–Crippen MR) is 48.6 cm³/mol. The van der Waals surface area contributed by atoms with Crippen LogP contribution in [0.15, 0.2) is 18.2 Å². The lowest BCUT2D eigenvalue weighted by atomic mass is 10.0. The third kappa shape index (κ3) is 2.32. The van der Waals surface area contributed by atoms with Crippen LogP contribution < -0.4 is 5.32 Å². The molecular weight excluding hydrogens is 242 g/mol. The Hall–Kier alpha value is -1.79. The first-order valence-electron chi connectivity index (χ1n) is 4.68. The van der Waals surface area contributed by atoms with E-state index in [9.17, 15) is 22.4 Å². The van der Waals surface area contributed by atoms with Crippen LogP contribution in [0.5, 0.6) is 0 Å². The molecule has 1 N–H and O–H groups in total. The zero-order chi connectivity index (χ0) is 12.6. The van der Waals surface area contributed by atoms with E-state index in [4.69, 9.17) is 0 Å². The maximum absolute atomic E-state index is 12.8. The maximum atomic E-state index is 12.8. The summed E-state index contributed by atoms with van der Waals surface area (Å²) in [6, 6.07) is 1.41. The van der Waals surface area contributed by atoms with Crippen LogP contribution in [0, 0.1) is 5.82 Å². The van der Waals surface area contributed by atoms with E-state index >= 15 is 0 Å². The van der Waals surface area contributed by atoms with E-state index in [-0.39, 0.29) is 12.2 Å². The fourth-order valence-corrected chi connectivity index (χ4v) is 1.63. The lowest BCUT2D eigenvalue weighted by Gasteiger charge is -2.16. The van der Waals surface area contributed by atoms with Gasteiger partial charge in [0.1, 0.15) is 12.4 Å². The van der Waals surface area contributed by atoms with Crippen LogP contribution in [-0.2, 0) is 10.9 Å². The number of nitrogens with one attached hydrogen (secondary N) is 1. The molecule has 1 aromatic carbocycles. The molecule has 1 atom stereocenters. The Bertz CT molecular complexity index is 458. The zero-order valence-electron chi connectivity index (χ0n) is 8.34. The van der Waals surface area contributed by atoms with E-state index in [1.807, 2.05) is 0 Å². The molecule has 1 fully saturated rings. The first-order chi connectivity index (χ1) is 7.88. The molecular formula is C10H7F4NO2. The van der Waals surface area contributed by atoms with Crippen molar-refractivity contribution in [2.75, 3.05) is 6.61 Å². The summed E-state index contributed by atoms with van der Waals surface area (Å²) in [4.78, 5) is 10.8. The van der Waals surface area contributed by atoms with Crippen molar-refractivity contribution in [3.63, 3.8) is 0 Å². The highest BCUT2D eigenvalue weighted by molar-refractivity contribution is 5.70. The molecule has 0 spiro atoms. The van der Waals surface area contributed by atoms with Crippen LogP contribution in [0.2, 0.25) is 0 Å². The molecule has 0 aromatic heterocycles. The van der Waals surface area contributed by atoms with Gasteiger partial charge in [-0.3, -0.25) is 0 Å². The van der Waals surface area contributed by atoms with Gasteiger partial charge in [-0.2, -0.15) is 13.2 Å². The maximum Gasteiger partial charge on any atom is 0.416 e. The molecule has 0 unspecified atom stereocenters. The van der Waals surface area contributed by atoms with Crippen LogP contribution in [0.4, 0.5) is 22.4 Å². The Labute approximate surface area is 93.4 Å². The number of halogens is 4. The van der Waals surface area contributed by atoms with Crippen molar-refractivity contribution < 1.29 is 27.1 Å². The molecule has 0 aliphatic carbocycles. The van der Waals surface area contributed by atoms with Gasteiger partial charge in [0.05, 0.1) is 11.6 Å². The molecule has 1 saturated heterocycles. The number of carbonyl (C=O) groups is 1.